The van der Waals surface area contributed by atoms with Crippen molar-refractivity contribution in [2.45, 2.75) is 51.0 Å². The number of rotatable bonds is 4. The van der Waals surface area contributed by atoms with Gasteiger partial charge in [-0.3, -0.25) is 4.79 Å². The van der Waals surface area contributed by atoms with E-state index < -0.39 is 27.4 Å². The van der Waals surface area contributed by atoms with Crippen LogP contribution in [-0.2, 0) is 14.8 Å². The van der Waals surface area contributed by atoms with Crippen molar-refractivity contribution in [1.82, 2.24) is 9.62 Å². The number of hydrogen-bond donors (Lipinski definition) is 3. The minimum Gasteiger partial charge on any atom is -0.481 e. The first-order valence-corrected chi connectivity index (χ1v) is 10.3. The second-order valence-electron chi connectivity index (χ2n) is 7.81. The molecule has 1 aromatic carbocycles. The fourth-order valence-corrected chi connectivity index (χ4v) is 4.71. The molecule has 0 aliphatic carbocycles. The lowest BCUT2D eigenvalue weighted by Crippen LogP contribution is -2.42. The van der Waals surface area contributed by atoms with Crippen molar-refractivity contribution >= 4 is 27.7 Å². The van der Waals surface area contributed by atoms with Crippen molar-refractivity contribution in [3.63, 3.8) is 0 Å². The van der Waals surface area contributed by atoms with Gasteiger partial charge in [0.25, 0.3) is 0 Å². The molecule has 1 aliphatic rings. The first-order chi connectivity index (χ1) is 12.4. The molecular weight excluding hydrogens is 370 g/mol. The number of benzene rings is 1. The molecule has 3 N–H and O–H groups in total. The van der Waals surface area contributed by atoms with Crippen LogP contribution in [0.2, 0.25) is 0 Å². The van der Waals surface area contributed by atoms with E-state index in [1.54, 1.807) is 44.7 Å². The van der Waals surface area contributed by atoms with Crippen LogP contribution in [0, 0.1) is 12.8 Å². The molecule has 2 amide bonds. The Morgan fingerprint density at radius 3 is 2.30 bits per heavy atom. The maximum atomic E-state index is 12.6. The Labute approximate surface area is 160 Å². The van der Waals surface area contributed by atoms with Crippen molar-refractivity contribution < 1.29 is 23.1 Å². The molecule has 150 valence electrons. The SMILES string of the molecule is Cc1c(NC(=O)N2CCC(C(=O)O)CC2)cccc1S(=O)(=O)NC(C)(C)C. The van der Waals surface area contributed by atoms with Gasteiger partial charge in [0.1, 0.15) is 0 Å². The van der Waals surface area contributed by atoms with Gasteiger partial charge in [-0.25, -0.2) is 17.9 Å². The second-order valence-corrected chi connectivity index (χ2v) is 9.46. The number of carboxylic acids is 1. The number of piperidine rings is 1. The third-order valence-corrected chi connectivity index (χ3v) is 6.29. The lowest BCUT2D eigenvalue weighted by atomic mass is 9.97. The van der Waals surface area contributed by atoms with E-state index in [9.17, 15) is 18.0 Å². The molecule has 0 atom stereocenters. The van der Waals surface area contributed by atoms with Gasteiger partial charge in [0.05, 0.1) is 10.8 Å². The lowest BCUT2D eigenvalue weighted by molar-refractivity contribution is -0.143. The third kappa shape index (κ3) is 5.43. The van der Waals surface area contributed by atoms with Crippen LogP contribution in [0.25, 0.3) is 0 Å². The van der Waals surface area contributed by atoms with Gasteiger partial charge >= 0.3 is 12.0 Å². The zero-order chi connectivity index (χ0) is 20.4. The van der Waals surface area contributed by atoms with Crippen molar-refractivity contribution in [3.05, 3.63) is 23.8 Å². The topological polar surface area (TPSA) is 116 Å². The molecule has 1 heterocycles. The van der Waals surface area contributed by atoms with Crippen LogP contribution in [0.15, 0.2) is 23.1 Å². The maximum Gasteiger partial charge on any atom is 0.321 e. The summed E-state index contributed by atoms with van der Waals surface area (Å²) in [6.07, 6.45) is 0.817. The highest BCUT2D eigenvalue weighted by Gasteiger charge is 2.28. The van der Waals surface area contributed by atoms with Crippen LogP contribution >= 0.6 is 0 Å². The molecule has 0 aromatic heterocycles. The van der Waals surface area contributed by atoms with Crippen molar-refractivity contribution in [1.29, 1.82) is 0 Å². The number of carbonyl (C=O) groups excluding carboxylic acids is 1. The zero-order valence-corrected chi connectivity index (χ0v) is 16.9. The minimum atomic E-state index is -3.73. The number of aliphatic carboxylic acids is 1. The Morgan fingerprint density at radius 2 is 1.78 bits per heavy atom. The first kappa shape index (κ1) is 21.2. The van der Waals surface area contributed by atoms with Crippen molar-refractivity contribution in [3.8, 4) is 0 Å². The van der Waals surface area contributed by atoms with Gasteiger partial charge < -0.3 is 15.3 Å². The highest BCUT2D eigenvalue weighted by atomic mass is 32.2. The van der Waals surface area contributed by atoms with Crippen LogP contribution in [0.5, 0.6) is 0 Å². The summed E-state index contributed by atoms with van der Waals surface area (Å²) in [7, 11) is -3.73. The molecule has 0 unspecified atom stereocenters. The molecular formula is C18H27N3O5S. The summed E-state index contributed by atoms with van der Waals surface area (Å²) in [6, 6.07) is 4.36. The monoisotopic (exact) mass is 397 g/mol. The fraction of sp³-hybridized carbons (Fsp3) is 0.556. The molecule has 1 aliphatic heterocycles. The normalized spacial score (nSPS) is 16.2. The molecule has 0 radical (unpaired) electrons. The minimum absolute atomic E-state index is 0.111. The van der Waals surface area contributed by atoms with E-state index in [-0.39, 0.29) is 10.9 Å². The van der Waals surface area contributed by atoms with Crippen LogP contribution in [0.3, 0.4) is 0 Å². The summed E-state index contributed by atoms with van der Waals surface area (Å²) >= 11 is 0. The Kier molecular flexibility index (Phi) is 6.16. The number of hydrogen-bond acceptors (Lipinski definition) is 4. The molecule has 1 aromatic rings. The Morgan fingerprint density at radius 1 is 1.19 bits per heavy atom. The standard InChI is InChI=1S/C18H27N3O5S/c1-12-14(6-5-7-15(12)27(25,26)20-18(2,3)4)19-17(24)21-10-8-13(9-11-21)16(22)23/h5-7,13,20H,8-11H2,1-4H3,(H,19,24)(H,22,23). The summed E-state index contributed by atoms with van der Waals surface area (Å²) in [5, 5.41) is 11.8. The number of sulfonamides is 1. The molecule has 2 rings (SSSR count). The predicted octanol–water partition coefficient (Wildman–Crippen LogP) is 2.40. The van der Waals surface area contributed by atoms with Gasteiger partial charge in [-0.15, -0.1) is 0 Å². The van der Waals surface area contributed by atoms with E-state index in [0.29, 0.717) is 37.2 Å². The van der Waals surface area contributed by atoms with Crippen molar-refractivity contribution in [2.75, 3.05) is 18.4 Å². The van der Waals surface area contributed by atoms with E-state index in [1.807, 2.05) is 0 Å². The van der Waals surface area contributed by atoms with E-state index in [2.05, 4.69) is 10.0 Å². The number of anilines is 1. The maximum absolute atomic E-state index is 12.6. The van der Waals surface area contributed by atoms with E-state index in [4.69, 9.17) is 5.11 Å². The summed E-state index contributed by atoms with van der Waals surface area (Å²) < 4.78 is 27.8. The number of amides is 2. The molecule has 8 nitrogen and oxygen atoms in total. The zero-order valence-electron chi connectivity index (χ0n) is 16.1. The molecule has 0 spiro atoms. The first-order valence-electron chi connectivity index (χ1n) is 8.83. The predicted molar refractivity (Wildman–Crippen MR) is 102 cm³/mol. The number of urea groups is 1. The van der Waals surface area contributed by atoms with E-state index in [0.717, 1.165) is 0 Å². The van der Waals surface area contributed by atoms with Gasteiger partial charge in [-0.05, 0) is 58.2 Å². The van der Waals surface area contributed by atoms with Gasteiger partial charge in [-0.2, -0.15) is 0 Å². The summed E-state index contributed by atoms with van der Waals surface area (Å²) in [5.41, 5.74) is 0.235. The number of likely N-dealkylation sites (tertiary alicyclic amines) is 1. The largest absolute Gasteiger partial charge is 0.481 e. The van der Waals surface area contributed by atoms with Gasteiger partial charge in [0.2, 0.25) is 10.0 Å². The summed E-state index contributed by atoms with van der Waals surface area (Å²) in [5.74, 6) is -1.26. The van der Waals surface area contributed by atoms with Crippen LogP contribution in [-0.4, -0.2) is 49.1 Å². The highest BCUT2D eigenvalue weighted by molar-refractivity contribution is 7.89. The number of nitrogens with zero attached hydrogens (tertiary/aromatic N) is 1. The van der Waals surface area contributed by atoms with Gasteiger partial charge in [0, 0.05) is 24.3 Å². The quantitative estimate of drug-likeness (QED) is 0.721. The van der Waals surface area contributed by atoms with Gasteiger partial charge in [-0.1, -0.05) is 6.07 Å². The third-order valence-electron chi connectivity index (χ3n) is 4.39. The summed E-state index contributed by atoms with van der Waals surface area (Å²) in [4.78, 5) is 25.2. The number of carbonyl (C=O) groups is 2. The highest BCUT2D eigenvalue weighted by Crippen LogP contribution is 2.25. The smallest absolute Gasteiger partial charge is 0.321 e. The van der Waals surface area contributed by atoms with Gasteiger partial charge in [0.15, 0.2) is 0 Å². The van der Waals surface area contributed by atoms with Crippen molar-refractivity contribution in [2.24, 2.45) is 5.92 Å². The fourth-order valence-electron chi connectivity index (χ4n) is 3.02. The number of nitrogens with one attached hydrogen (secondary N) is 2. The second kappa shape index (κ2) is 7.85. The molecule has 1 saturated heterocycles. The Bertz CT molecular complexity index is 822. The van der Waals surface area contributed by atoms with Crippen LogP contribution in [0.1, 0.15) is 39.2 Å². The average molecular weight is 397 g/mol. The Balaban J connectivity index is 2.14. The molecule has 1 fully saturated rings. The molecule has 27 heavy (non-hydrogen) atoms. The van der Waals surface area contributed by atoms with Crippen LogP contribution in [0.4, 0.5) is 10.5 Å². The average Bonchev–Trinajstić information content (AvgIpc) is 2.54. The summed E-state index contributed by atoms with van der Waals surface area (Å²) in [6.45, 7) is 7.62. The molecule has 0 saturated carbocycles. The molecule has 9 heteroatoms. The Hall–Kier alpha value is -2.13. The number of carboxylic acid groups (broad SMARTS) is 1. The molecule has 0 bridgehead atoms. The van der Waals surface area contributed by atoms with E-state index in [1.165, 1.54) is 6.07 Å². The van der Waals surface area contributed by atoms with Crippen LogP contribution < -0.4 is 10.0 Å². The van der Waals surface area contributed by atoms with E-state index >= 15 is 0 Å². The lowest BCUT2D eigenvalue weighted by Gasteiger charge is -2.30.